The number of rotatable bonds is 5. The summed E-state index contributed by atoms with van der Waals surface area (Å²) in [6.07, 6.45) is 2.87. The van der Waals surface area contributed by atoms with Gasteiger partial charge in [0.25, 0.3) is 5.91 Å². The average molecular weight is 325 g/mol. The molecule has 1 aliphatic heterocycles. The van der Waals surface area contributed by atoms with E-state index >= 15 is 0 Å². The third-order valence-electron chi connectivity index (χ3n) is 4.86. The van der Waals surface area contributed by atoms with Crippen molar-refractivity contribution in [3.63, 3.8) is 0 Å². The van der Waals surface area contributed by atoms with Gasteiger partial charge in [0.15, 0.2) is 0 Å². The molecule has 1 aromatic carbocycles. The van der Waals surface area contributed by atoms with E-state index in [2.05, 4.69) is 44.5 Å². The second kappa shape index (κ2) is 6.18. The highest BCUT2D eigenvalue weighted by Crippen LogP contribution is 2.46. The molecular weight excluding hydrogens is 306 g/mol. The number of fused-ring (bicyclic) bond motifs is 1. The molecule has 0 bridgehead atoms. The predicted molar refractivity (Wildman–Crippen MR) is 87.5 cm³/mol. The number of nitrogens with one attached hydrogen (secondary N) is 2. The average Bonchev–Trinajstić information content (AvgIpc) is 3.09. The van der Waals surface area contributed by atoms with Gasteiger partial charge in [-0.2, -0.15) is 0 Å². The van der Waals surface area contributed by atoms with Crippen molar-refractivity contribution in [3.8, 4) is 0 Å². The van der Waals surface area contributed by atoms with E-state index in [1.165, 1.54) is 18.0 Å². The third kappa shape index (κ3) is 2.83. The van der Waals surface area contributed by atoms with Crippen LogP contribution < -0.4 is 15.7 Å². The van der Waals surface area contributed by atoms with Gasteiger partial charge in [0, 0.05) is 38.1 Å². The summed E-state index contributed by atoms with van der Waals surface area (Å²) in [5.41, 5.74) is 3.13. The minimum Gasteiger partial charge on any atom is -0.340 e. The number of hydrogen-bond donors (Lipinski definition) is 3. The van der Waals surface area contributed by atoms with Crippen molar-refractivity contribution in [2.45, 2.75) is 12.6 Å². The van der Waals surface area contributed by atoms with Crippen molar-refractivity contribution in [2.75, 3.05) is 18.0 Å². The fourth-order valence-corrected chi connectivity index (χ4v) is 3.49. The fraction of sp³-hybridized carbons (Fsp3) is 0.353. The molecule has 7 heteroatoms. The van der Waals surface area contributed by atoms with Gasteiger partial charge in [0.05, 0.1) is 5.56 Å². The lowest BCUT2D eigenvalue weighted by Crippen LogP contribution is -2.32. The minimum absolute atomic E-state index is 0.244. The van der Waals surface area contributed by atoms with Crippen LogP contribution in [-0.2, 0) is 6.54 Å². The minimum atomic E-state index is -0.601. The maximum atomic E-state index is 11.3. The summed E-state index contributed by atoms with van der Waals surface area (Å²) in [6.45, 7) is 2.77. The van der Waals surface area contributed by atoms with Crippen LogP contribution in [0.3, 0.4) is 0 Å². The Morgan fingerprint density at radius 1 is 1.17 bits per heavy atom. The molecule has 2 heterocycles. The second-order valence-electron chi connectivity index (χ2n) is 6.34. The number of anilines is 1. The Hall–Kier alpha value is -2.51. The van der Waals surface area contributed by atoms with E-state index in [0.29, 0.717) is 23.8 Å². The molecule has 1 aromatic heterocycles. The molecule has 1 amide bonds. The zero-order valence-electron chi connectivity index (χ0n) is 13.1. The van der Waals surface area contributed by atoms with E-state index in [0.717, 1.165) is 19.6 Å². The maximum Gasteiger partial charge on any atom is 0.277 e. The highest BCUT2D eigenvalue weighted by molar-refractivity contribution is 5.92. The molecule has 0 spiro atoms. The van der Waals surface area contributed by atoms with Crippen LogP contribution in [0, 0.1) is 11.8 Å². The molecule has 1 aliphatic carbocycles. The molecule has 0 radical (unpaired) electrons. The molecule has 2 aromatic rings. The molecule has 4 rings (SSSR count). The first kappa shape index (κ1) is 15.0. The Labute approximate surface area is 139 Å². The molecule has 24 heavy (non-hydrogen) atoms. The largest absolute Gasteiger partial charge is 0.340 e. The van der Waals surface area contributed by atoms with E-state index < -0.39 is 5.91 Å². The second-order valence-corrected chi connectivity index (χ2v) is 6.34. The van der Waals surface area contributed by atoms with Gasteiger partial charge in [-0.25, -0.2) is 15.4 Å². The highest BCUT2D eigenvalue weighted by Gasteiger charge is 2.55. The highest BCUT2D eigenvalue weighted by atomic mass is 16.5. The molecule has 3 atom stereocenters. The number of amides is 1. The lowest BCUT2D eigenvalue weighted by atomic mass is 10.2. The molecule has 2 aliphatic rings. The number of carbonyl (C=O) groups is 1. The van der Waals surface area contributed by atoms with E-state index in [9.17, 15) is 4.79 Å². The van der Waals surface area contributed by atoms with Gasteiger partial charge in [-0.15, -0.1) is 0 Å². The molecule has 124 valence electrons. The first-order valence-electron chi connectivity index (χ1n) is 8.05. The van der Waals surface area contributed by atoms with Gasteiger partial charge in [-0.3, -0.25) is 10.0 Å². The summed E-state index contributed by atoms with van der Waals surface area (Å²) in [5.74, 6) is 1.31. The first-order valence-corrected chi connectivity index (χ1v) is 8.05. The van der Waals surface area contributed by atoms with Gasteiger partial charge >= 0.3 is 0 Å². The van der Waals surface area contributed by atoms with Gasteiger partial charge in [0.2, 0.25) is 5.95 Å². The van der Waals surface area contributed by atoms with Crippen molar-refractivity contribution in [1.29, 1.82) is 0 Å². The fourth-order valence-electron chi connectivity index (χ4n) is 3.49. The van der Waals surface area contributed by atoms with E-state index in [4.69, 9.17) is 5.21 Å². The van der Waals surface area contributed by atoms with E-state index in [-0.39, 0.29) is 5.56 Å². The zero-order valence-corrected chi connectivity index (χ0v) is 13.1. The van der Waals surface area contributed by atoms with Gasteiger partial charge in [0.1, 0.15) is 0 Å². The number of piperidine rings is 1. The van der Waals surface area contributed by atoms with Crippen LogP contribution in [0.25, 0.3) is 0 Å². The Balaban J connectivity index is 1.30. The van der Waals surface area contributed by atoms with Gasteiger partial charge in [-0.1, -0.05) is 30.3 Å². The van der Waals surface area contributed by atoms with Crippen molar-refractivity contribution in [1.82, 2.24) is 20.8 Å². The summed E-state index contributed by atoms with van der Waals surface area (Å²) < 4.78 is 0. The van der Waals surface area contributed by atoms with Gasteiger partial charge < -0.3 is 10.2 Å². The van der Waals surface area contributed by atoms with Crippen molar-refractivity contribution >= 4 is 11.9 Å². The molecule has 1 unspecified atom stereocenters. The lowest BCUT2D eigenvalue weighted by Gasteiger charge is -2.20. The Morgan fingerprint density at radius 2 is 1.83 bits per heavy atom. The maximum absolute atomic E-state index is 11.3. The molecule has 1 saturated carbocycles. The number of carbonyl (C=O) groups excluding carboxylic acids is 1. The van der Waals surface area contributed by atoms with Crippen LogP contribution in [0.1, 0.15) is 15.9 Å². The van der Waals surface area contributed by atoms with Crippen LogP contribution >= 0.6 is 0 Å². The van der Waals surface area contributed by atoms with E-state index in [1.807, 2.05) is 6.07 Å². The summed E-state index contributed by atoms with van der Waals surface area (Å²) in [4.78, 5) is 21.9. The molecule has 2 fully saturated rings. The van der Waals surface area contributed by atoms with Crippen molar-refractivity contribution < 1.29 is 10.0 Å². The first-order chi connectivity index (χ1) is 11.8. The van der Waals surface area contributed by atoms with Gasteiger partial charge in [-0.05, 0) is 17.4 Å². The molecule has 1 saturated heterocycles. The number of hydrogen-bond acceptors (Lipinski definition) is 6. The van der Waals surface area contributed by atoms with Crippen LogP contribution in [0.5, 0.6) is 0 Å². The SMILES string of the molecule is O=C(NO)c1cnc(N2C[C@@H]3C(NCc4ccccc4)[C@@H]3C2)nc1. The molecule has 7 nitrogen and oxygen atoms in total. The summed E-state index contributed by atoms with van der Waals surface area (Å²) >= 11 is 0. The monoisotopic (exact) mass is 325 g/mol. The zero-order chi connectivity index (χ0) is 16.5. The van der Waals surface area contributed by atoms with Crippen LogP contribution in [0.4, 0.5) is 5.95 Å². The summed E-state index contributed by atoms with van der Waals surface area (Å²) in [7, 11) is 0. The quantitative estimate of drug-likeness (QED) is 0.557. The Morgan fingerprint density at radius 3 is 2.46 bits per heavy atom. The third-order valence-corrected chi connectivity index (χ3v) is 4.86. The van der Waals surface area contributed by atoms with Crippen LogP contribution in [0.2, 0.25) is 0 Å². The van der Waals surface area contributed by atoms with Crippen molar-refractivity contribution in [2.24, 2.45) is 11.8 Å². The smallest absolute Gasteiger partial charge is 0.277 e. The van der Waals surface area contributed by atoms with Crippen LogP contribution in [0.15, 0.2) is 42.7 Å². The number of nitrogens with zero attached hydrogens (tertiary/aromatic N) is 3. The van der Waals surface area contributed by atoms with Crippen LogP contribution in [-0.4, -0.2) is 40.2 Å². The topological polar surface area (TPSA) is 90.4 Å². The predicted octanol–water partition coefficient (Wildman–Crippen LogP) is 0.820. The van der Waals surface area contributed by atoms with E-state index in [1.54, 1.807) is 5.48 Å². The standard InChI is InChI=1S/C17H19N5O2/c23-16(21-24)12-7-19-17(20-8-12)22-9-13-14(10-22)15(13)18-6-11-4-2-1-3-5-11/h1-5,7-8,13-15,18,24H,6,9-10H2,(H,21,23)/t13-,14+,15?. The van der Waals surface area contributed by atoms with Crippen molar-refractivity contribution in [3.05, 3.63) is 53.9 Å². The number of hydroxylamine groups is 1. The summed E-state index contributed by atoms with van der Waals surface area (Å²) in [6, 6.07) is 11.0. The number of aromatic nitrogens is 2. The number of benzene rings is 1. The Kier molecular flexibility index (Phi) is 3.87. The lowest BCUT2D eigenvalue weighted by molar-refractivity contribution is 0.0705. The Bertz CT molecular complexity index is 710. The molecular formula is C17H19N5O2. The normalized spacial score (nSPS) is 24.5. The molecule has 3 N–H and O–H groups in total. The summed E-state index contributed by atoms with van der Waals surface area (Å²) in [5, 5.41) is 12.2.